The van der Waals surface area contributed by atoms with Gasteiger partial charge in [-0.3, -0.25) is 4.68 Å². The van der Waals surface area contributed by atoms with Crippen LogP contribution in [0.2, 0.25) is 0 Å². The molecule has 0 saturated heterocycles. The van der Waals surface area contributed by atoms with E-state index in [0.717, 1.165) is 22.4 Å². The molecular formula is C18H16N2O2. The third kappa shape index (κ3) is 2.76. The number of benzene rings is 2. The topological polar surface area (TPSA) is 44.1 Å². The van der Waals surface area contributed by atoms with Crippen LogP contribution in [0.1, 0.15) is 10.4 Å². The lowest BCUT2D eigenvalue weighted by Gasteiger charge is -2.06. The first-order valence-electron chi connectivity index (χ1n) is 6.96. The quantitative estimate of drug-likeness (QED) is 0.693. The van der Waals surface area contributed by atoms with Crippen molar-refractivity contribution in [3.8, 4) is 22.4 Å². The van der Waals surface area contributed by atoms with Gasteiger partial charge in [-0.2, -0.15) is 5.10 Å². The number of carbonyl (C=O) groups is 1. The molecule has 0 fully saturated rings. The lowest BCUT2D eigenvalue weighted by Crippen LogP contribution is -2.00. The van der Waals surface area contributed by atoms with E-state index in [1.165, 1.54) is 7.11 Å². The highest BCUT2D eigenvalue weighted by Gasteiger charge is 2.08. The Bertz CT molecular complexity index is 821. The van der Waals surface area contributed by atoms with Crippen LogP contribution in [0.15, 0.2) is 60.8 Å². The molecule has 1 heterocycles. The van der Waals surface area contributed by atoms with Crippen molar-refractivity contribution in [3.63, 3.8) is 0 Å². The highest BCUT2D eigenvalue weighted by Crippen LogP contribution is 2.26. The monoisotopic (exact) mass is 292 g/mol. The summed E-state index contributed by atoms with van der Waals surface area (Å²) in [5.41, 5.74) is 4.52. The van der Waals surface area contributed by atoms with Crippen molar-refractivity contribution in [2.45, 2.75) is 0 Å². The molecule has 0 aliphatic heterocycles. The van der Waals surface area contributed by atoms with Crippen LogP contribution in [0.3, 0.4) is 0 Å². The van der Waals surface area contributed by atoms with Crippen LogP contribution >= 0.6 is 0 Å². The van der Waals surface area contributed by atoms with E-state index in [-0.39, 0.29) is 5.97 Å². The minimum absolute atomic E-state index is 0.331. The number of esters is 1. The van der Waals surface area contributed by atoms with Gasteiger partial charge in [-0.1, -0.05) is 30.3 Å². The zero-order valence-corrected chi connectivity index (χ0v) is 12.5. The second kappa shape index (κ2) is 5.85. The molecule has 0 N–H and O–H groups in total. The van der Waals surface area contributed by atoms with E-state index < -0.39 is 0 Å². The molecule has 0 amide bonds. The Labute approximate surface area is 129 Å². The molecular weight excluding hydrogens is 276 g/mol. The molecule has 0 spiro atoms. The standard InChI is InChI=1S/C18H16N2O2/c1-20-10-9-17(19-20)15-7-3-5-13(11-15)14-6-4-8-16(12-14)18(21)22-2/h3-12H,1-2H3. The fourth-order valence-corrected chi connectivity index (χ4v) is 2.37. The molecule has 3 aromatic rings. The number of aryl methyl sites for hydroxylation is 1. The van der Waals surface area contributed by atoms with E-state index >= 15 is 0 Å². The molecule has 4 heteroatoms. The molecule has 0 atom stereocenters. The van der Waals surface area contributed by atoms with Gasteiger partial charge in [0, 0.05) is 18.8 Å². The molecule has 3 rings (SSSR count). The fourth-order valence-electron chi connectivity index (χ4n) is 2.37. The summed E-state index contributed by atoms with van der Waals surface area (Å²) in [7, 11) is 3.28. The first-order valence-corrected chi connectivity index (χ1v) is 6.96. The maximum Gasteiger partial charge on any atom is 0.337 e. The molecule has 0 saturated carbocycles. The van der Waals surface area contributed by atoms with Crippen molar-refractivity contribution in [3.05, 3.63) is 66.4 Å². The van der Waals surface area contributed by atoms with Gasteiger partial charge >= 0.3 is 5.97 Å². The maximum absolute atomic E-state index is 11.7. The van der Waals surface area contributed by atoms with Gasteiger partial charge in [-0.05, 0) is 35.4 Å². The molecule has 110 valence electrons. The van der Waals surface area contributed by atoms with Crippen LogP contribution in [0.25, 0.3) is 22.4 Å². The van der Waals surface area contributed by atoms with E-state index in [1.54, 1.807) is 10.7 Å². The zero-order valence-electron chi connectivity index (χ0n) is 12.5. The number of methoxy groups -OCH3 is 1. The number of nitrogens with zero attached hydrogens (tertiary/aromatic N) is 2. The summed E-state index contributed by atoms with van der Waals surface area (Å²) >= 11 is 0. The van der Waals surface area contributed by atoms with E-state index in [2.05, 4.69) is 11.2 Å². The zero-order chi connectivity index (χ0) is 15.5. The molecule has 0 unspecified atom stereocenters. The maximum atomic E-state index is 11.7. The molecule has 0 aliphatic carbocycles. The number of carbonyl (C=O) groups excluding carboxylic acids is 1. The van der Waals surface area contributed by atoms with Gasteiger partial charge in [0.05, 0.1) is 18.4 Å². The van der Waals surface area contributed by atoms with Gasteiger partial charge in [0.1, 0.15) is 0 Å². The van der Waals surface area contributed by atoms with Crippen LogP contribution < -0.4 is 0 Å². The summed E-state index contributed by atoms with van der Waals surface area (Å²) in [6.07, 6.45) is 1.92. The molecule has 22 heavy (non-hydrogen) atoms. The summed E-state index contributed by atoms with van der Waals surface area (Å²) in [5, 5.41) is 4.42. The molecule has 0 radical (unpaired) electrons. The average Bonchev–Trinajstić information content (AvgIpc) is 3.01. The predicted octanol–water partition coefficient (Wildman–Crippen LogP) is 3.54. The number of hydrogen-bond donors (Lipinski definition) is 0. The number of ether oxygens (including phenoxy) is 1. The summed E-state index contributed by atoms with van der Waals surface area (Å²) in [5.74, 6) is -0.331. The lowest BCUT2D eigenvalue weighted by atomic mass is 10.00. The smallest absolute Gasteiger partial charge is 0.337 e. The first kappa shape index (κ1) is 14.1. The van der Waals surface area contributed by atoms with Crippen LogP contribution in [0.5, 0.6) is 0 Å². The molecule has 2 aromatic carbocycles. The second-order valence-electron chi connectivity index (χ2n) is 5.03. The van der Waals surface area contributed by atoms with Crippen molar-refractivity contribution in [1.29, 1.82) is 0 Å². The highest BCUT2D eigenvalue weighted by molar-refractivity contribution is 5.91. The Kier molecular flexibility index (Phi) is 3.74. The third-order valence-electron chi connectivity index (χ3n) is 3.49. The van der Waals surface area contributed by atoms with Crippen molar-refractivity contribution in [2.24, 2.45) is 7.05 Å². The Morgan fingerprint density at radius 3 is 2.36 bits per heavy atom. The van der Waals surface area contributed by atoms with Crippen LogP contribution in [0.4, 0.5) is 0 Å². The van der Waals surface area contributed by atoms with Gasteiger partial charge in [-0.25, -0.2) is 4.79 Å². The number of aromatic nitrogens is 2. The van der Waals surface area contributed by atoms with Crippen LogP contribution in [-0.4, -0.2) is 22.9 Å². The van der Waals surface area contributed by atoms with E-state index in [4.69, 9.17) is 4.74 Å². The van der Waals surface area contributed by atoms with Crippen molar-refractivity contribution >= 4 is 5.97 Å². The number of rotatable bonds is 3. The van der Waals surface area contributed by atoms with Crippen molar-refractivity contribution in [2.75, 3.05) is 7.11 Å². The summed E-state index contributed by atoms with van der Waals surface area (Å²) in [6.45, 7) is 0. The van der Waals surface area contributed by atoms with Gasteiger partial charge in [0.15, 0.2) is 0 Å². The Hall–Kier alpha value is -2.88. The Balaban J connectivity index is 2.00. The lowest BCUT2D eigenvalue weighted by molar-refractivity contribution is 0.0601. The van der Waals surface area contributed by atoms with Crippen LogP contribution in [0, 0.1) is 0 Å². The predicted molar refractivity (Wildman–Crippen MR) is 85.4 cm³/mol. The largest absolute Gasteiger partial charge is 0.465 e. The molecule has 4 nitrogen and oxygen atoms in total. The molecule has 1 aromatic heterocycles. The molecule has 0 bridgehead atoms. The summed E-state index contributed by atoms with van der Waals surface area (Å²) < 4.78 is 6.55. The summed E-state index contributed by atoms with van der Waals surface area (Å²) in [4.78, 5) is 11.7. The SMILES string of the molecule is COC(=O)c1cccc(-c2cccc(-c3ccn(C)n3)c2)c1. The van der Waals surface area contributed by atoms with Gasteiger partial charge in [0.25, 0.3) is 0 Å². The Morgan fingerprint density at radius 2 is 1.68 bits per heavy atom. The average molecular weight is 292 g/mol. The van der Waals surface area contributed by atoms with Crippen molar-refractivity contribution < 1.29 is 9.53 Å². The first-order chi connectivity index (χ1) is 10.7. The molecule has 0 aliphatic rings. The van der Waals surface area contributed by atoms with Crippen LogP contribution in [-0.2, 0) is 11.8 Å². The van der Waals surface area contributed by atoms with E-state index in [9.17, 15) is 4.79 Å². The van der Waals surface area contributed by atoms with Gasteiger partial charge in [0.2, 0.25) is 0 Å². The second-order valence-corrected chi connectivity index (χ2v) is 5.03. The van der Waals surface area contributed by atoms with Gasteiger partial charge in [-0.15, -0.1) is 0 Å². The minimum Gasteiger partial charge on any atom is -0.465 e. The Morgan fingerprint density at radius 1 is 1.00 bits per heavy atom. The summed E-state index contributed by atoms with van der Waals surface area (Å²) in [6, 6.07) is 17.5. The van der Waals surface area contributed by atoms with Crippen molar-refractivity contribution in [1.82, 2.24) is 9.78 Å². The normalized spacial score (nSPS) is 10.5. The number of hydrogen-bond acceptors (Lipinski definition) is 3. The third-order valence-corrected chi connectivity index (χ3v) is 3.49. The van der Waals surface area contributed by atoms with E-state index in [1.807, 2.05) is 55.7 Å². The van der Waals surface area contributed by atoms with E-state index in [0.29, 0.717) is 5.56 Å². The minimum atomic E-state index is -0.331. The fraction of sp³-hybridized carbons (Fsp3) is 0.111. The van der Waals surface area contributed by atoms with Gasteiger partial charge < -0.3 is 4.74 Å². The highest BCUT2D eigenvalue weighted by atomic mass is 16.5.